The molecule has 0 radical (unpaired) electrons. The second kappa shape index (κ2) is 8.22. The summed E-state index contributed by atoms with van der Waals surface area (Å²) in [5.41, 5.74) is 6.08. The summed E-state index contributed by atoms with van der Waals surface area (Å²) in [7, 11) is 0. The Balaban J connectivity index is 1.46. The fraction of sp³-hybridized carbons (Fsp3) is 0.217. The maximum atomic E-state index is 12.7. The van der Waals surface area contributed by atoms with E-state index in [1.165, 1.54) is 11.9 Å². The molecule has 0 aliphatic heterocycles. The lowest BCUT2D eigenvalue weighted by atomic mass is 10.0. The molecule has 4 aromatic rings. The Bertz CT molecular complexity index is 1150. The van der Waals surface area contributed by atoms with Crippen molar-refractivity contribution >= 4 is 17.4 Å². The molecule has 0 atom stereocenters. The van der Waals surface area contributed by atoms with Crippen molar-refractivity contribution in [2.75, 3.05) is 5.32 Å². The third-order valence-electron chi connectivity index (χ3n) is 5.12. The van der Waals surface area contributed by atoms with Gasteiger partial charge < -0.3 is 5.32 Å². The maximum Gasteiger partial charge on any atom is 0.252 e. The number of nitrogens with one attached hydrogen (secondary N) is 1. The van der Waals surface area contributed by atoms with Crippen LogP contribution in [-0.2, 0) is 17.6 Å². The highest BCUT2D eigenvalue weighted by atomic mass is 16.1. The SMILES string of the molecule is Cc1nc2ncnn2c(C)c1CCC(=O)Nc1ccccc1Cc1ccccc1. The highest BCUT2D eigenvalue weighted by Crippen LogP contribution is 2.20. The molecule has 4 rings (SSSR count). The van der Waals surface area contributed by atoms with Crippen molar-refractivity contribution in [2.45, 2.75) is 33.1 Å². The summed E-state index contributed by atoms with van der Waals surface area (Å²) < 4.78 is 1.72. The van der Waals surface area contributed by atoms with Gasteiger partial charge in [0.1, 0.15) is 6.33 Å². The van der Waals surface area contributed by atoms with E-state index in [4.69, 9.17) is 0 Å². The van der Waals surface area contributed by atoms with Crippen LogP contribution >= 0.6 is 0 Å². The number of aromatic nitrogens is 4. The molecule has 0 aliphatic carbocycles. The van der Waals surface area contributed by atoms with Gasteiger partial charge in [0.25, 0.3) is 5.78 Å². The summed E-state index contributed by atoms with van der Waals surface area (Å²) in [4.78, 5) is 21.3. The van der Waals surface area contributed by atoms with Crippen LogP contribution in [0.1, 0.15) is 34.5 Å². The Labute approximate surface area is 169 Å². The van der Waals surface area contributed by atoms with Gasteiger partial charge in [-0.1, -0.05) is 48.5 Å². The summed E-state index contributed by atoms with van der Waals surface area (Å²) in [6, 6.07) is 18.2. The lowest BCUT2D eigenvalue weighted by Gasteiger charge is -2.13. The predicted octanol–water partition coefficient (Wildman–Crippen LogP) is 3.90. The predicted molar refractivity (Wildman–Crippen MR) is 113 cm³/mol. The molecule has 2 heterocycles. The fourth-order valence-electron chi connectivity index (χ4n) is 3.58. The van der Waals surface area contributed by atoms with Gasteiger partial charge in [0.2, 0.25) is 5.91 Å². The Morgan fingerprint density at radius 3 is 2.62 bits per heavy atom. The van der Waals surface area contributed by atoms with Crippen molar-refractivity contribution in [3.05, 3.63) is 89.0 Å². The van der Waals surface area contributed by atoms with Gasteiger partial charge in [-0.3, -0.25) is 4.79 Å². The molecular formula is C23H23N5O. The molecule has 6 heteroatoms. The number of anilines is 1. The molecule has 0 aliphatic rings. The van der Waals surface area contributed by atoms with Crippen molar-refractivity contribution in [2.24, 2.45) is 0 Å². The Morgan fingerprint density at radius 2 is 1.79 bits per heavy atom. The summed E-state index contributed by atoms with van der Waals surface area (Å²) >= 11 is 0. The van der Waals surface area contributed by atoms with E-state index in [0.29, 0.717) is 18.6 Å². The number of fused-ring (bicyclic) bond motifs is 1. The van der Waals surface area contributed by atoms with Crippen LogP contribution in [0.3, 0.4) is 0 Å². The Hall–Kier alpha value is -3.54. The maximum absolute atomic E-state index is 12.7. The number of nitrogens with zero attached hydrogens (tertiary/aromatic N) is 4. The highest BCUT2D eigenvalue weighted by Gasteiger charge is 2.13. The lowest BCUT2D eigenvalue weighted by Crippen LogP contribution is -2.15. The zero-order valence-electron chi connectivity index (χ0n) is 16.6. The molecule has 0 unspecified atom stereocenters. The molecular weight excluding hydrogens is 362 g/mol. The molecule has 29 heavy (non-hydrogen) atoms. The minimum Gasteiger partial charge on any atom is -0.326 e. The number of para-hydroxylation sites is 1. The zero-order valence-corrected chi connectivity index (χ0v) is 16.6. The summed E-state index contributed by atoms with van der Waals surface area (Å²) in [6.07, 6.45) is 3.26. The first kappa shape index (κ1) is 18.8. The van der Waals surface area contributed by atoms with Crippen LogP contribution in [0.4, 0.5) is 5.69 Å². The van der Waals surface area contributed by atoms with E-state index in [9.17, 15) is 4.79 Å². The lowest BCUT2D eigenvalue weighted by molar-refractivity contribution is -0.116. The number of amides is 1. The first-order valence-corrected chi connectivity index (χ1v) is 9.69. The average molecular weight is 385 g/mol. The third-order valence-corrected chi connectivity index (χ3v) is 5.12. The number of benzene rings is 2. The minimum atomic E-state index is -0.0111. The smallest absolute Gasteiger partial charge is 0.252 e. The molecule has 2 aromatic heterocycles. The van der Waals surface area contributed by atoms with E-state index < -0.39 is 0 Å². The first-order chi connectivity index (χ1) is 14.1. The van der Waals surface area contributed by atoms with Crippen LogP contribution in [0.5, 0.6) is 0 Å². The number of carbonyl (C=O) groups excluding carboxylic acids is 1. The number of aryl methyl sites for hydroxylation is 2. The van der Waals surface area contributed by atoms with Gasteiger partial charge in [-0.05, 0) is 49.4 Å². The molecule has 0 saturated heterocycles. The Morgan fingerprint density at radius 1 is 1.03 bits per heavy atom. The normalized spacial score (nSPS) is 11.0. The van der Waals surface area contributed by atoms with Crippen LogP contribution < -0.4 is 5.32 Å². The molecule has 6 nitrogen and oxygen atoms in total. The monoisotopic (exact) mass is 385 g/mol. The summed E-state index contributed by atoms with van der Waals surface area (Å²) in [6.45, 7) is 3.93. The van der Waals surface area contributed by atoms with Gasteiger partial charge in [0.15, 0.2) is 0 Å². The number of rotatable bonds is 6. The van der Waals surface area contributed by atoms with Crippen LogP contribution in [-0.4, -0.2) is 25.5 Å². The van der Waals surface area contributed by atoms with Crippen molar-refractivity contribution in [1.82, 2.24) is 19.6 Å². The van der Waals surface area contributed by atoms with Crippen LogP contribution in [0.25, 0.3) is 5.78 Å². The second-order valence-electron chi connectivity index (χ2n) is 7.10. The third kappa shape index (κ3) is 4.16. The van der Waals surface area contributed by atoms with Gasteiger partial charge in [0.05, 0.1) is 0 Å². The average Bonchev–Trinajstić information content (AvgIpc) is 3.19. The number of hydrogen-bond donors (Lipinski definition) is 1. The fourth-order valence-corrected chi connectivity index (χ4v) is 3.58. The van der Waals surface area contributed by atoms with Crippen LogP contribution in [0, 0.1) is 13.8 Å². The van der Waals surface area contributed by atoms with E-state index in [-0.39, 0.29) is 5.91 Å². The van der Waals surface area contributed by atoms with E-state index in [1.807, 2.05) is 50.2 Å². The topological polar surface area (TPSA) is 72.2 Å². The van der Waals surface area contributed by atoms with E-state index in [0.717, 1.165) is 34.6 Å². The van der Waals surface area contributed by atoms with Crippen molar-refractivity contribution < 1.29 is 4.79 Å². The molecule has 146 valence electrons. The van der Waals surface area contributed by atoms with Crippen LogP contribution in [0.2, 0.25) is 0 Å². The van der Waals surface area contributed by atoms with Gasteiger partial charge in [-0.25, -0.2) is 9.50 Å². The zero-order chi connectivity index (χ0) is 20.2. The quantitative estimate of drug-likeness (QED) is 0.546. The molecule has 1 N–H and O–H groups in total. The molecule has 0 fully saturated rings. The van der Waals surface area contributed by atoms with E-state index >= 15 is 0 Å². The van der Waals surface area contributed by atoms with Crippen molar-refractivity contribution in [1.29, 1.82) is 0 Å². The van der Waals surface area contributed by atoms with Crippen LogP contribution in [0.15, 0.2) is 60.9 Å². The minimum absolute atomic E-state index is 0.0111. The summed E-state index contributed by atoms with van der Waals surface area (Å²) in [5.74, 6) is 0.575. The Kier molecular flexibility index (Phi) is 5.33. The van der Waals surface area contributed by atoms with Gasteiger partial charge in [0, 0.05) is 23.5 Å². The standard InChI is InChI=1S/C23H23N5O/c1-16-20(17(2)28-23(26-16)24-15-25-28)12-13-22(29)27-21-11-7-6-10-19(21)14-18-8-4-3-5-9-18/h3-11,15H,12-14H2,1-2H3,(H,27,29). The number of carbonyl (C=O) groups is 1. The molecule has 0 bridgehead atoms. The van der Waals surface area contributed by atoms with E-state index in [1.54, 1.807) is 4.52 Å². The van der Waals surface area contributed by atoms with E-state index in [2.05, 4.69) is 38.6 Å². The van der Waals surface area contributed by atoms with Gasteiger partial charge in [-0.15, -0.1) is 0 Å². The van der Waals surface area contributed by atoms with Gasteiger partial charge >= 0.3 is 0 Å². The molecule has 1 amide bonds. The van der Waals surface area contributed by atoms with Crippen molar-refractivity contribution in [3.63, 3.8) is 0 Å². The molecule has 0 spiro atoms. The largest absolute Gasteiger partial charge is 0.326 e. The summed E-state index contributed by atoms with van der Waals surface area (Å²) in [5, 5.41) is 7.29. The molecule has 0 saturated carbocycles. The first-order valence-electron chi connectivity index (χ1n) is 9.69. The van der Waals surface area contributed by atoms with Crippen molar-refractivity contribution in [3.8, 4) is 0 Å². The second-order valence-corrected chi connectivity index (χ2v) is 7.10. The molecule has 2 aromatic carbocycles. The number of hydrogen-bond acceptors (Lipinski definition) is 4. The van der Waals surface area contributed by atoms with Gasteiger partial charge in [-0.2, -0.15) is 10.1 Å². The highest BCUT2D eigenvalue weighted by molar-refractivity contribution is 5.91.